The Morgan fingerprint density at radius 3 is 2.71 bits per heavy atom. The Bertz CT molecular complexity index is 514. The summed E-state index contributed by atoms with van der Waals surface area (Å²) in [6.07, 6.45) is 2.26. The Kier molecular flexibility index (Phi) is 3.16. The van der Waals surface area contributed by atoms with Gasteiger partial charge < -0.3 is 5.11 Å². The molecule has 0 aliphatic rings. The number of aromatic nitrogens is 1. The van der Waals surface area contributed by atoms with Crippen molar-refractivity contribution in [3.05, 3.63) is 42.1 Å². The number of aliphatic hydroxyl groups excluding tert-OH is 1. The second-order valence-corrected chi connectivity index (χ2v) is 5.16. The molecule has 90 valence electrons. The smallest absolute Gasteiger partial charge is 0.0847 e. The molecule has 1 unspecified atom stereocenters. The van der Waals surface area contributed by atoms with Gasteiger partial charge in [0.15, 0.2) is 0 Å². The summed E-state index contributed by atoms with van der Waals surface area (Å²) >= 11 is 0. The van der Waals surface area contributed by atoms with Crippen LogP contribution in [0.1, 0.15) is 38.9 Å². The van der Waals surface area contributed by atoms with Crippen LogP contribution in [0.15, 0.2) is 36.5 Å². The molecule has 0 spiro atoms. The molecule has 0 saturated carbocycles. The van der Waals surface area contributed by atoms with Gasteiger partial charge in [0.25, 0.3) is 0 Å². The fraction of sp³-hybridized carbons (Fsp3) is 0.400. The first-order chi connectivity index (χ1) is 8.06. The molecule has 2 aromatic rings. The number of pyridine rings is 1. The van der Waals surface area contributed by atoms with Crippen LogP contribution in [0.3, 0.4) is 0 Å². The third-order valence-corrected chi connectivity index (χ3v) is 3.63. The van der Waals surface area contributed by atoms with Gasteiger partial charge in [-0.1, -0.05) is 39.0 Å². The second kappa shape index (κ2) is 4.46. The molecule has 1 aromatic carbocycles. The lowest BCUT2D eigenvalue weighted by molar-refractivity contribution is 0.0477. The van der Waals surface area contributed by atoms with Gasteiger partial charge in [0.1, 0.15) is 0 Å². The molecule has 0 bridgehead atoms. The van der Waals surface area contributed by atoms with Crippen LogP contribution >= 0.6 is 0 Å². The van der Waals surface area contributed by atoms with E-state index in [9.17, 15) is 5.11 Å². The largest absolute Gasteiger partial charge is 0.388 e. The molecule has 1 aromatic heterocycles. The predicted molar refractivity (Wildman–Crippen MR) is 70.8 cm³/mol. The van der Waals surface area contributed by atoms with Crippen molar-refractivity contribution < 1.29 is 5.11 Å². The molecule has 17 heavy (non-hydrogen) atoms. The highest BCUT2D eigenvalue weighted by Crippen LogP contribution is 2.38. The first-order valence-electron chi connectivity index (χ1n) is 6.08. The Balaban J connectivity index is 2.56. The fourth-order valence-corrected chi connectivity index (χ4v) is 1.98. The number of hydrogen-bond acceptors (Lipinski definition) is 2. The first kappa shape index (κ1) is 12.1. The lowest BCUT2D eigenvalue weighted by atomic mass is 9.79. The van der Waals surface area contributed by atoms with E-state index in [4.69, 9.17) is 0 Å². The van der Waals surface area contributed by atoms with E-state index < -0.39 is 6.10 Å². The Hall–Kier alpha value is -1.41. The van der Waals surface area contributed by atoms with Gasteiger partial charge in [-0.2, -0.15) is 0 Å². The zero-order chi connectivity index (χ0) is 12.5. The molecule has 1 N–H and O–H groups in total. The third-order valence-electron chi connectivity index (χ3n) is 3.63. The average molecular weight is 229 g/mol. The number of fused-ring (bicyclic) bond motifs is 1. The Labute approximate surface area is 102 Å². The molecule has 1 heterocycles. The van der Waals surface area contributed by atoms with Crippen molar-refractivity contribution in [2.45, 2.75) is 33.3 Å². The van der Waals surface area contributed by atoms with Crippen molar-refractivity contribution in [2.24, 2.45) is 5.41 Å². The van der Waals surface area contributed by atoms with E-state index in [0.29, 0.717) is 0 Å². The van der Waals surface area contributed by atoms with Crippen molar-refractivity contribution in [1.29, 1.82) is 0 Å². The molecule has 0 saturated heterocycles. The summed E-state index contributed by atoms with van der Waals surface area (Å²) in [5.41, 5.74) is 1.79. The summed E-state index contributed by atoms with van der Waals surface area (Å²) in [5.74, 6) is 0. The van der Waals surface area contributed by atoms with Crippen LogP contribution in [0, 0.1) is 5.41 Å². The minimum atomic E-state index is -0.458. The summed E-state index contributed by atoms with van der Waals surface area (Å²) in [4.78, 5) is 4.32. The topological polar surface area (TPSA) is 33.1 Å². The highest BCUT2D eigenvalue weighted by Gasteiger charge is 2.28. The average Bonchev–Trinajstić information content (AvgIpc) is 2.37. The molecule has 1 atom stereocenters. The van der Waals surface area contributed by atoms with Crippen molar-refractivity contribution in [3.63, 3.8) is 0 Å². The van der Waals surface area contributed by atoms with Crippen LogP contribution < -0.4 is 0 Å². The zero-order valence-corrected chi connectivity index (χ0v) is 10.6. The van der Waals surface area contributed by atoms with Gasteiger partial charge in [-0.25, -0.2) is 0 Å². The van der Waals surface area contributed by atoms with E-state index in [1.165, 1.54) is 0 Å². The van der Waals surface area contributed by atoms with E-state index in [2.05, 4.69) is 25.8 Å². The van der Waals surface area contributed by atoms with Crippen LogP contribution in [-0.4, -0.2) is 10.1 Å². The maximum Gasteiger partial charge on any atom is 0.0847 e. The molecule has 0 fully saturated rings. The first-order valence-corrected chi connectivity index (χ1v) is 6.08. The van der Waals surface area contributed by atoms with Gasteiger partial charge in [-0.05, 0) is 29.5 Å². The Morgan fingerprint density at radius 2 is 2.00 bits per heavy atom. The summed E-state index contributed by atoms with van der Waals surface area (Å²) in [5, 5.41) is 11.6. The number of benzene rings is 1. The van der Waals surface area contributed by atoms with Crippen LogP contribution in [0.5, 0.6) is 0 Å². The highest BCUT2D eigenvalue weighted by atomic mass is 16.3. The number of nitrogens with zero attached hydrogens (tertiary/aromatic N) is 1. The monoisotopic (exact) mass is 229 g/mol. The summed E-state index contributed by atoms with van der Waals surface area (Å²) in [6.45, 7) is 6.28. The lowest BCUT2D eigenvalue weighted by Gasteiger charge is -2.30. The van der Waals surface area contributed by atoms with Crippen molar-refractivity contribution in [2.75, 3.05) is 0 Å². The molecule has 0 radical (unpaired) electrons. The van der Waals surface area contributed by atoms with Crippen LogP contribution in [-0.2, 0) is 0 Å². The van der Waals surface area contributed by atoms with Gasteiger partial charge in [0.05, 0.1) is 11.6 Å². The van der Waals surface area contributed by atoms with Gasteiger partial charge in [0, 0.05) is 11.6 Å². The molecule has 0 aliphatic heterocycles. The van der Waals surface area contributed by atoms with Gasteiger partial charge in [-0.3, -0.25) is 4.98 Å². The normalized spacial score (nSPS) is 13.9. The van der Waals surface area contributed by atoms with Crippen LogP contribution in [0.4, 0.5) is 0 Å². The Morgan fingerprint density at radius 1 is 1.24 bits per heavy atom. The van der Waals surface area contributed by atoms with E-state index in [1.807, 2.05) is 30.3 Å². The van der Waals surface area contributed by atoms with Gasteiger partial charge in [0.2, 0.25) is 0 Å². The maximum atomic E-state index is 10.5. The van der Waals surface area contributed by atoms with E-state index in [0.717, 1.165) is 22.9 Å². The zero-order valence-electron chi connectivity index (χ0n) is 10.6. The quantitative estimate of drug-likeness (QED) is 0.870. The van der Waals surface area contributed by atoms with E-state index in [-0.39, 0.29) is 5.41 Å². The van der Waals surface area contributed by atoms with E-state index in [1.54, 1.807) is 6.20 Å². The van der Waals surface area contributed by atoms with Crippen molar-refractivity contribution in [3.8, 4) is 0 Å². The lowest BCUT2D eigenvalue weighted by Crippen LogP contribution is -2.21. The molecular weight excluding hydrogens is 210 g/mol. The SMILES string of the molecule is CCC(C)(C)C(O)c1cccc2ncccc12. The van der Waals surface area contributed by atoms with Crippen molar-refractivity contribution in [1.82, 2.24) is 4.98 Å². The number of aliphatic hydroxyl groups is 1. The molecule has 2 heteroatoms. The highest BCUT2D eigenvalue weighted by molar-refractivity contribution is 5.82. The predicted octanol–water partition coefficient (Wildman–Crippen LogP) is 3.70. The second-order valence-electron chi connectivity index (χ2n) is 5.16. The number of hydrogen-bond donors (Lipinski definition) is 1. The third kappa shape index (κ3) is 2.18. The summed E-state index contributed by atoms with van der Waals surface area (Å²) < 4.78 is 0. The molecular formula is C15H19NO. The van der Waals surface area contributed by atoms with Crippen LogP contribution in [0.25, 0.3) is 10.9 Å². The number of rotatable bonds is 3. The fourth-order valence-electron chi connectivity index (χ4n) is 1.98. The van der Waals surface area contributed by atoms with Gasteiger partial charge >= 0.3 is 0 Å². The standard InChI is InChI=1S/C15H19NO/c1-4-15(2,3)14(17)12-7-5-9-13-11(12)8-6-10-16-13/h5-10,14,17H,4H2,1-3H3. The summed E-state index contributed by atoms with van der Waals surface area (Å²) in [7, 11) is 0. The van der Waals surface area contributed by atoms with Gasteiger partial charge in [-0.15, -0.1) is 0 Å². The minimum Gasteiger partial charge on any atom is -0.388 e. The minimum absolute atomic E-state index is 0.121. The molecule has 2 nitrogen and oxygen atoms in total. The van der Waals surface area contributed by atoms with Crippen molar-refractivity contribution >= 4 is 10.9 Å². The van der Waals surface area contributed by atoms with E-state index >= 15 is 0 Å². The molecule has 0 amide bonds. The molecule has 0 aliphatic carbocycles. The van der Waals surface area contributed by atoms with Crippen LogP contribution in [0.2, 0.25) is 0 Å². The molecule has 2 rings (SSSR count). The maximum absolute atomic E-state index is 10.5. The summed E-state index contributed by atoms with van der Waals surface area (Å²) in [6, 6.07) is 9.86.